The van der Waals surface area contributed by atoms with Crippen molar-refractivity contribution in [2.75, 3.05) is 23.0 Å². The van der Waals surface area contributed by atoms with Crippen molar-refractivity contribution in [1.29, 1.82) is 0 Å². The summed E-state index contributed by atoms with van der Waals surface area (Å²) in [7, 11) is -4.03. The Morgan fingerprint density at radius 2 is 2.05 bits per heavy atom. The summed E-state index contributed by atoms with van der Waals surface area (Å²) in [4.78, 5) is 27.4. The molecular weight excluding hydrogens is 515 g/mol. The fourth-order valence-electron chi connectivity index (χ4n) is 3.73. The summed E-state index contributed by atoms with van der Waals surface area (Å²) in [6.45, 7) is 7.93. The highest BCUT2D eigenvalue weighted by molar-refractivity contribution is 7.85. The number of alkyl halides is 3. The molecule has 0 aliphatic carbocycles. The predicted octanol–water partition coefficient (Wildman–Crippen LogP) is 3.12. The van der Waals surface area contributed by atoms with Gasteiger partial charge >= 0.3 is 6.18 Å². The molecule has 37 heavy (non-hydrogen) atoms. The number of fused-ring (bicyclic) bond motifs is 1. The van der Waals surface area contributed by atoms with Gasteiger partial charge in [-0.3, -0.25) is 18.5 Å². The molecule has 0 saturated heterocycles. The van der Waals surface area contributed by atoms with E-state index >= 15 is 0 Å². The Labute approximate surface area is 211 Å². The first-order chi connectivity index (χ1) is 17.1. The van der Waals surface area contributed by atoms with Crippen molar-refractivity contribution in [3.8, 4) is 0 Å². The van der Waals surface area contributed by atoms with Crippen molar-refractivity contribution in [3.05, 3.63) is 77.8 Å². The smallest absolute Gasteiger partial charge is 0.399 e. The monoisotopic (exact) mass is 539 g/mol. The lowest BCUT2D eigenvalue weighted by Crippen LogP contribution is -2.43. The normalized spacial score (nSPS) is 16.4. The Hall–Kier alpha value is -3.91. The van der Waals surface area contributed by atoms with E-state index in [1.807, 2.05) is 0 Å². The quantitative estimate of drug-likeness (QED) is 0.299. The van der Waals surface area contributed by atoms with Crippen LogP contribution in [0.4, 0.5) is 24.5 Å². The largest absolute Gasteiger partial charge is 0.416 e. The molecule has 2 aromatic rings. The van der Waals surface area contributed by atoms with Gasteiger partial charge < -0.3 is 16.0 Å². The van der Waals surface area contributed by atoms with Crippen molar-refractivity contribution in [2.24, 2.45) is 5.73 Å². The molecule has 14 heteroatoms. The first-order valence-corrected chi connectivity index (χ1v) is 12.5. The highest BCUT2D eigenvalue weighted by atomic mass is 32.2. The SMILES string of the molecule is C=C/C=C(\C(=C)N)C(=O)Nc1cnn2c1C(=O)N(c1ccc(C(F)(F)F)c(COS(C)(=O)=O)c1)C[C@@H]2C. The van der Waals surface area contributed by atoms with Gasteiger partial charge in [-0.15, -0.1) is 0 Å². The van der Waals surface area contributed by atoms with Crippen LogP contribution in [0, 0.1) is 0 Å². The predicted molar refractivity (Wildman–Crippen MR) is 130 cm³/mol. The van der Waals surface area contributed by atoms with E-state index in [1.54, 1.807) is 6.92 Å². The van der Waals surface area contributed by atoms with E-state index < -0.39 is 51.9 Å². The summed E-state index contributed by atoms with van der Waals surface area (Å²) >= 11 is 0. The molecule has 0 saturated carbocycles. The summed E-state index contributed by atoms with van der Waals surface area (Å²) < 4.78 is 69.3. The van der Waals surface area contributed by atoms with Gasteiger partial charge in [0.1, 0.15) is 0 Å². The summed E-state index contributed by atoms with van der Waals surface area (Å²) in [5, 5.41) is 6.72. The van der Waals surface area contributed by atoms with Crippen LogP contribution in [-0.4, -0.2) is 42.8 Å². The average molecular weight is 540 g/mol. The molecule has 1 aromatic heterocycles. The fraction of sp³-hybridized carbons (Fsp3) is 0.261. The lowest BCUT2D eigenvalue weighted by Gasteiger charge is -2.32. The Morgan fingerprint density at radius 1 is 1.38 bits per heavy atom. The van der Waals surface area contributed by atoms with Gasteiger partial charge in [-0.1, -0.05) is 19.2 Å². The number of allylic oxidation sites excluding steroid dienone is 2. The van der Waals surface area contributed by atoms with Gasteiger partial charge in [-0.2, -0.15) is 26.7 Å². The maximum absolute atomic E-state index is 13.5. The number of halogens is 3. The fourth-order valence-corrected chi connectivity index (χ4v) is 4.07. The third kappa shape index (κ3) is 6.09. The van der Waals surface area contributed by atoms with Gasteiger partial charge in [0, 0.05) is 17.9 Å². The molecule has 0 radical (unpaired) electrons. The van der Waals surface area contributed by atoms with Gasteiger partial charge in [0.05, 0.1) is 41.9 Å². The molecule has 3 N–H and O–H groups in total. The van der Waals surface area contributed by atoms with Crippen LogP contribution in [0.1, 0.15) is 34.6 Å². The molecule has 3 rings (SSSR count). The molecule has 1 aliphatic heterocycles. The van der Waals surface area contributed by atoms with Crippen LogP contribution in [0.3, 0.4) is 0 Å². The minimum atomic E-state index is -4.78. The molecule has 2 heterocycles. The van der Waals surface area contributed by atoms with E-state index in [0.29, 0.717) is 6.26 Å². The number of nitrogens with zero attached hydrogens (tertiary/aromatic N) is 3. The zero-order valence-electron chi connectivity index (χ0n) is 19.9. The molecule has 0 bridgehead atoms. The molecule has 2 amide bonds. The van der Waals surface area contributed by atoms with Crippen LogP contribution < -0.4 is 16.0 Å². The van der Waals surface area contributed by atoms with E-state index in [1.165, 1.54) is 27.9 Å². The Bertz CT molecular complexity index is 1410. The molecular formula is C23H24F3N5O5S. The number of carbonyl (C=O) groups excluding carboxylic acids is 2. The molecule has 1 aliphatic rings. The third-order valence-corrected chi connectivity index (χ3v) is 5.91. The second-order valence-electron chi connectivity index (χ2n) is 8.22. The lowest BCUT2D eigenvalue weighted by atomic mass is 10.0. The van der Waals surface area contributed by atoms with Crippen LogP contribution in [0.25, 0.3) is 0 Å². The highest BCUT2D eigenvalue weighted by Crippen LogP contribution is 2.36. The maximum atomic E-state index is 13.5. The minimum absolute atomic E-state index is 0.0125. The van der Waals surface area contributed by atoms with E-state index in [2.05, 4.69) is 27.8 Å². The molecule has 1 atom stereocenters. The van der Waals surface area contributed by atoms with E-state index in [-0.39, 0.29) is 34.9 Å². The van der Waals surface area contributed by atoms with Gasteiger partial charge in [-0.05, 0) is 36.8 Å². The average Bonchev–Trinajstić information content (AvgIpc) is 3.21. The first-order valence-electron chi connectivity index (χ1n) is 10.7. The lowest BCUT2D eigenvalue weighted by molar-refractivity contribution is -0.138. The van der Waals surface area contributed by atoms with Gasteiger partial charge in [-0.25, -0.2) is 0 Å². The summed E-state index contributed by atoms with van der Waals surface area (Å²) in [6.07, 6.45) is -0.119. The molecule has 0 spiro atoms. The summed E-state index contributed by atoms with van der Waals surface area (Å²) in [5.74, 6) is -1.32. The van der Waals surface area contributed by atoms with Gasteiger partial charge in [0.2, 0.25) is 0 Å². The Kier molecular flexibility index (Phi) is 7.64. The van der Waals surface area contributed by atoms with E-state index in [9.17, 15) is 31.2 Å². The number of hydrogen-bond acceptors (Lipinski definition) is 7. The third-order valence-electron chi connectivity index (χ3n) is 5.37. The van der Waals surface area contributed by atoms with Crippen LogP contribution >= 0.6 is 0 Å². The van der Waals surface area contributed by atoms with Crippen molar-refractivity contribution < 1.29 is 35.4 Å². The number of aromatic nitrogens is 2. The number of benzene rings is 1. The van der Waals surface area contributed by atoms with Gasteiger partial charge in [0.15, 0.2) is 5.69 Å². The number of anilines is 2. The maximum Gasteiger partial charge on any atom is 0.416 e. The molecule has 0 unspecified atom stereocenters. The summed E-state index contributed by atoms with van der Waals surface area (Å²) in [5.41, 5.74) is 4.18. The standard InChI is InChI=1S/C23H24F3N5O5S/c1-5-6-17(14(3)27)21(32)29-19-10-28-31-13(2)11-30(22(33)20(19)31)16-7-8-18(23(24,25)26)15(9-16)12-36-37(4,34)35/h5-10,13H,1,3,11-12,27H2,2,4H3,(H,29,32)/b17-6+/t13-/m0/s1. The summed E-state index contributed by atoms with van der Waals surface area (Å²) in [6, 6.07) is 2.48. The van der Waals surface area contributed by atoms with Crippen molar-refractivity contribution in [1.82, 2.24) is 9.78 Å². The number of nitrogens with two attached hydrogens (primary N) is 1. The van der Waals surface area contributed by atoms with E-state index in [4.69, 9.17) is 5.73 Å². The number of carbonyl (C=O) groups is 2. The second kappa shape index (κ2) is 10.2. The van der Waals surface area contributed by atoms with Gasteiger partial charge in [0.25, 0.3) is 21.9 Å². The highest BCUT2D eigenvalue weighted by Gasteiger charge is 2.37. The zero-order valence-corrected chi connectivity index (χ0v) is 20.7. The first kappa shape index (κ1) is 27.7. The van der Waals surface area contributed by atoms with Crippen LogP contribution in [-0.2, 0) is 31.9 Å². The van der Waals surface area contributed by atoms with E-state index in [0.717, 1.165) is 18.2 Å². The van der Waals surface area contributed by atoms with Crippen molar-refractivity contribution in [2.45, 2.75) is 25.7 Å². The number of rotatable bonds is 8. The topological polar surface area (TPSA) is 137 Å². The molecule has 198 valence electrons. The van der Waals surface area contributed by atoms with Crippen LogP contribution in [0.15, 0.2) is 61.0 Å². The molecule has 10 nitrogen and oxygen atoms in total. The second-order valence-corrected chi connectivity index (χ2v) is 9.86. The Balaban J connectivity index is 2.01. The van der Waals surface area contributed by atoms with Crippen molar-refractivity contribution >= 4 is 33.3 Å². The number of hydrogen-bond donors (Lipinski definition) is 2. The van der Waals surface area contributed by atoms with Crippen LogP contribution in [0.5, 0.6) is 0 Å². The minimum Gasteiger partial charge on any atom is -0.399 e. The molecule has 0 fully saturated rings. The number of nitrogens with one attached hydrogen (secondary N) is 1. The van der Waals surface area contributed by atoms with Crippen molar-refractivity contribution in [3.63, 3.8) is 0 Å². The zero-order chi connectivity index (χ0) is 27.7. The molecule has 1 aromatic carbocycles. The number of amides is 2. The van der Waals surface area contributed by atoms with Crippen LogP contribution in [0.2, 0.25) is 0 Å². The Morgan fingerprint density at radius 3 is 2.62 bits per heavy atom.